The van der Waals surface area contributed by atoms with Crippen molar-refractivity contribution in [3.63, 3.8) is 0 Å². The lowest BCUT2D eigenvalue weighted by atomic mass is 9.78. The molecule has 24 nitrogen and oxygen atoms in total. The molecule has 6 aromatic rings. The number of halogens is 2. The van der Waals surface area contributed by atoms with E-state index in [1.54, 1.807) is 77.9 Å². The third-order valence-corrected chi connectivity index (χ3v) is 21.2. The maximum atomic E-state index is 11.2. The summed E-state index contributed by atoms with van der Waals surface area (Å²) in [5, 5.41) is 59.6. The SMILES string of the molecule is CC(C)(C)c1cc(CCP(=O)(O)O)cc(C(C)(C)C)c1O.CC(C)(C)c1cc(CP(=O)(O)O)cc(C(C)(C)C)c1O.CC(C)c1cc(CP(=O)(O)O)cc(C(C)C)c1O.Cc1c(C)c(CP(=O)(O)O)c(C)c(C)c1O.Cc1cc(CP(=O)(O)O)cc(C)c1O.O=P(O)(O)Cc1cc(Cl)c(O)c(Cl)c1. The summed E-state index contributed by atoms with van der Waals surface area (Å²) in [5.41, 5.74) is 11.1. The number of hydrogen-bond donors (Lipinski definition) is 18. The Morgan fingerprint density at radius 2 is 0.563 bits per heavy atom. The second-order valence-corrected chi connectivity index (χ2v) is 41.4. The molecule has 0 fully saturated rings. The number of phenolic OH excluding ortho intramolecular Hbond substituents is 6. The lowest BCUT2D eigenvalue weighted by Gasteiger charge is -2.28. The highest BCUT2D eigenvalue weighted by atomic mass is 35.5. The fraction of sp³-hybridized carbons (Fsp3) is 0.493. The van der Waals surface area contributed by atoms with Gasteiger partial charge in [-0.05, 0) is 194 Å². The molecule has 0 atom stereocenters. The zero-order valence-corrected chi connectivity index (χ0v) is 69.7. The molecular weight excluding hydrogens is 1490 g/mol. The van der Waals surface area contributed by atoms with Crippen LogP contribution in [-0.4, -0.2) is 95.5 Å². The van der Waals surface area contributed by atoms with E-state index in [9.17, 15) is 67.8 Å². The Hall–Kier alpha value is -4.40. The molecule has 582 valence electrons. The van der Waals surface area contributed by atoms with Crippen LogP contribution in [0.5, 0.6) is 34.5 Å². The van der Waals surface area contributed by atoms with Crippen LogP contribution in [0, 0.1) is 41.5 Å². The van der Waals surface area contributed by atoms with Gasteiger partial charge in [-0.2, -0.15) is 0 Å². The van der Waals surface area contributed by atoms with Crippen molar-refractivity contribution < 1.29 is 117 Å². The molecule has 0 amide bonds. The molecule has 0 saturated carbocycles. The smallest absolute Gasteiger partial charge is 0.329 e. The van der Waals surface area contributed by atoms with Gasteiger partial charge < -0.3 is 89.4 Å². The van der Waals surface area contributed by atoms with Crippen molar-refractivity contribution in [1.29, 1.82) is 0 Å². The molecule has 18 N–H and O–H groups in total. The number of hydrogen-bond acceptors (Lipinski definition) is 12. The van der Waals surface area contributed by atoms with E-state index in [0.29, 0.717) is 62.1 Å². The fourth-order valence-electron chi connectivity index (χ4n) is 10.5. The Balaban J connectivity index is 0.000000622. The maximum absolute atomic E-state index is 11.2. The minimum Gasteiger partial charge on any atom is -0.507 e. The molecule has 0 saturated heterocycles. The topological polar surface area (TPSA) is 467 Å². The molecule has 32 heteroatoms. The van der Waals surface area contributed by atoms with Gasteiger partial charge >= 0.3 is 45.6 Å². The summed E-state index contributed by atoms with van der Waals surface area (Å²) in [6, 6.07) is 16.2. The average Bonchev–Trinajstić information content (AvgIpc) is 0.812. The van der Waals surface area contributed by atoms with E-state index in [0.717, 1.165) is 38.9 Å². The standard InChI is InChI=1S/C16H27O4P.C15H25O4P.C13H21O4P.C11H17O4P.C9H13O4P.C7H7Cl2O4P/c1-15(2,3)12-9-11(7-8-21(18,19)20)10-13(14(12)17)16(4,5)6;1-14(2,3)11-7-10(9-20(17,18)19)8-12(13(11)16)15(4,5)6;1-8(2)11-5-10(7-18(15,16)17)6-12(9(3)4)13(11)14;1-6-8(3)11(12)9(4)7(2)10(6)5-16(13,14)15;1-6-3-8(5-14(11,12)13)4-7(2)9(6)10;8-5-1-4(3-14(11,12)13)2-6(9)7(5)10/h9-10,17H,7-8H2,1-6H3,(H2,18,19,20);7-8,16H,9H2,1-6H3,(H2,17,18,19);5-6,8-9,14H,7H2,1-4H3,(H2,15,16,17);12H,5H2,1-4H3,(H2,13,14,15);3-4,10H,5H2,1-2H3,(H2,11,12,13);1-2,10H,3H2,(H2,11,12,13). The summed E-state index contributed by atoms with van der Waals surface area (Å²) in [5.74, 6) is 1.08. The third-order valence-electron chi connectivity index (χ3n) is 16.0. The van der Waals surface area contributed by atoms with Gasteiger partial charge in [-0.3, -0.25) is 27.4 Å². The first-order valence-corrected chi connectivity index (χ1v) is 43.9. The van der Waals surface area contributed by atoms with E-state index >= 15 is 0 Å². The van der Waals surface area contributed by atoms with E-state index < -0.39 is 51.7 Å². The van der Waals surface area contributed by atoms with Crippen LogP contribution >= 0.6 is 68.8 Å². The molecule has 0 unspecified atom stereocenters. The molecule has 0 aliphatic rings. The highest BCUT2D eigenvalue weighted by Gasteiger charge is 2.31. The van der Waals surface area contributed by atoms with Gasteiger partial charge in [-0.25, -0.2) is 0 Å². The number of aromatic hydroxyl groups is 6. The second kappa shape index (κ2) is 37.1. The van der Waals surface area contributed by atoms with Crippen molar-refractivity contribution in [2.24, 2.45) is 0 Å². The average molecular weight is 1600 g/mol. The van der Waals surface area contributed by atoms with E-state index in [4.69, 9.17) is 72.1 Å². The third kappa shape index (κ3) is 33.7. The van der Waals surface area contributed by atoms with Gasteiger partial charge in [0.1, 0.15) is 28.7 Å². The summed E-state index contributed by atoms with van der Waals surface area (Å²) in [4.78, 5) is 108. The van der Waals surface area contributed by atoms with Crippen LogP contribution in [0.2, 0.25) is 10.0 Å². The molecular formula is C71H110Cl2O24P6. The minimum absolute atomic E-state index is 0.0269. The zero-order chi connectivity index (χ0) is 81.2. The summed E-state index contributed by atoms with van der Waals surface area (Å²) in [6.07, 6.45) is -1.47. The molecule has 0 aliphatic heterocycles. The number of benzene rings is 6. The van der Waals surface area contributed by atoms with E-state index in [1.807, 2.05) is 123 Å². The highest BCUT2D eigenvalue weighted by molar-refractivity contribution is 7.52. The highest BCUT2D eigenvalue weighted by Crippen LogP contribution is 2.49. The van der Waals surface area contributed by atoms with Crippen LogP contribution in [0.4, 0.5) is 0 Å². The Bertz CT molecular complexity index is 3990. The summed E-state index contributed by atoms with van der Waals surface area (Å²) in [7, 11) is -24.5. The summed E-state index contributed by atoms with van der Waals surface area (Å²) < 4.78 is 65.8. The first kappa shape index (κ1) is 96.6. The predicted molar refractivity (Wildman–Crippen MR) is 409 cm³/mol. The van der Waals surface area contributed by atoms with Crippen LogP contribution in [0.3, 0.4) is 0 Å². The Kier molecular flexibility index (Phi) is 34.8. The molecule has 0 radical (unpaired) electrons. The second-order valence-electron chi connectivity index (χ2n) is 30.6. The molecule has 0 heterocycles. The number of aryl methyl sites for hydroxylation is 3. The molecule has 6 aromatic carbocycles. The van der Waals surface area contributed by atoms with E-state index in [2.05, 4.69) is 0 Å². The first-order chi connectivity index (χ1) is 45.8. The van der Waals surface area contributed by atoms with Gasteiger partial charge in [-0.1, -0.05) is 183 Å². The van der Waals surface area contributed by atoms with Crippen molar-refractivity contribution in [3.8, 4) is 34.5 Å². The molecule has 6 rings (SSSR count). The predicted octanol–water partition coefficient (Wildman–Crippen LogP) is 17.1. The normalized spacial score (nSPS) is 12.6. The molecule has 0 bridgehead atoms. The maximum Gasteiger partial charge on any atom is 0.329 e. The van der Waals surface area contributed by atoms with Crippen molar-refractivity contribution in [3.05, 3.63) is 171 Å². The van der Waals surface area contributed by atoms with Crippen molar-refractivity contribution in [2.45, 2.75) is 223 Å². The van der Waals surface area contributed by atoms with Gasteiger partial charge in [-0.15, -0.1) is 0 Å². The van der Waals surface area contributed by atoms with Crippen LogP contribution in [-0.2, 0) is 86.3 Å². The number of phenols is 6. The summed E-state index contributed by atoms with van der Waals surface area (Å²) in [6.45, 7) is 42.1. The molecule has 0 spiro atoms. The fourth-order valence-corrected chi connectivity index (χ4v) is 15.1. The van der Waals surface area contributed by atoms with Crippen molar-refractivity contribution >= 4 is 68.8 Å². The number of rotatable bonds is 15. The van der Waals surface area contributed by atoms with Crippen LogP contribution in [0.25, 0.3) is 0 Å². The van der Waals surface area contributed by atoms with Gasteiger partial charge in [0.05, 0.1) is 47.0 Å². The van der Waals surface area contributed by atoms with Crippen molar-refractivity contribution in [1.82, 2.24) is 0 Å². The van der Waals surface area contributed by atoms with Gasteiger partial charge in [0.2, 0.25) is 0 Å². The van der Waals surface area contributed by atoms with Gasteiger partial charge in [0, 0.05) is 0 Å². The van der Waals surface area contributed by atoms with Crippen molar-refractivity contribution in [2.75, 3.05) is 6.16 Å². The summed E-state index contributed by atoms with van der Waals surface area (Å²) >= 11 is 11.1. The Morgan fingerprint density at radius 3 is 0.816 bits per heavy atom. The lowest BCUT2D eigenvalue weighted by Crippen LogP contribution is -2.18. The lowest BCUT2D eigenvalue weighted by molar-refractivity contribution is 0.369. The first-order valence-electron chi connectivity index (χ1n) is 32.4. The monoisotopic (exact) mass is 1600 g/mol. The van der Waals surface area contributed by atoms with Crippen LogP contribution < -0.4 is 0 Å². The quantitative estimate of drug-likeness (QED) is 0.0425. The Morgan fingerprint density at radius 1 is 0.311 bits per heavy atom. The van der Waals surface area contributed by atoms with E-state index in [-0.39, 0.29) is 114 Å². The largest absolute Gasteiger partial charge is 0.507 e. The van der Waals surface area contributed by atoms with E-state index in [1.165, 1.54) is 12.1 Å². The molecule has 103 heavy (non-hydrogen) atoms. The molecule has 0 aromatic heterocycles. The van der Waals surface area contributed by atoms with Crippen LogP contribution in [0.1, 0.15) is 223 Å². The Labute approximate surface area is 616 Å². The molecule has 0 aliphatic carbocycles. The van der Waals surface area contributed by atoms with Gasteiger partial charge in [0.15, 0.2) is 5.75 Å². The van der Waals surface area contributed by atoms with Gasteiger partial charge in [0.25, 0.3) is 0 Å². The minimum atomic E-state index is -4.14. The van der Waals surface area contributed by atoms with Crippen LogP contribution in [0.15, 0.2) is 60.7 Å². The zero-order valence-electron chi connectivity index (χ0n) is 62.8.